The van der Waals surface area contributed by atoms with E-state index in [2.05, 4.69) is 15.0 Å². The van der Waals surface area contributed by atoms with Crippen LogP contribution in [0.25, 0.3) is 43.6 Å². The molecule has 9 nitrogen and oxygen atoms in total. The molecule has 0 aliphatic carbocycles. The predicted octanol–water partition coefficient (Wildman–Crippen LogP) is 6.88. The molecule has 4 aromatic carbocycles. The van der Waals surface area contributed by atoms with Gasteiger partial charge in [0, 0.05) is 45.4 Å². The average Bonchev–Trinajstić information content (AvgIpc) is 3.70. The Morgan fingerprint density at radius 2 is 1.53 bits per heavy atom. The number of aromatic amines is 2. The number of methoxy groups -OCH3 is 2. The van der Waals surface area contributed by atoms with Gasteiger partial charge in [-0.15, -0.1) is 0 Å². The molecule has 3 aromatic heterocycles. The maximum Gasteiger partial charge on any atom is 0.262 e. The van der Waals surface area contributed by atoms with E-state index in [4.69, 9.17) is 14.2 Å². The molecule has 7 aromatic rings. The summed E-state index contributed by atoms with van der Waals surface area (Å²) in [7, 11) is 3.07. The Morgan fingerprint density at radius 1 is 0.800 bits per heavy atom. The zero-order chi connectivity index (χ0) is 30.8. The fourth-order valence-corrected chi connectivity index (χ4v) is 6.32. The number of benzene rings is 4. The summed E-state index contributed by atoms with van der Waals surface area (Å²) in [5.74, 6) is -0.366. The molecular formula is C35H25FN4O5. The van der Waals surface area contributed by atoms with Crippen LogP contribution in [0.4, 0.5) is 4.39 Å². The van der Waals surface area contributed by atoms with Gasteiger partial charge in [0.25, 0.3) is 11.8 Å². The summed E-state index contributed by atoms with van der Waals surface area (Å²) < 4.78 is 32.3. The number of imide groups is 1. The van der Waals surface area contributed by atoms with Crippen molar-refractivity contribution in [1.29, 1.82) is 0 Å². The third-order valence-corrected chi connectivity index (χ3v) is 8.43. The van der Waals surface area contributed by atoms with Crippen LogP contribution in [0.3, 0.4) is 0 Å². The highest BCUT2D eigenvalue weighted by molar-refractivity contribution is 6.39. The number of hydrogen-bond acceptors (Lipinski definition) is 6. The number of carbonyl (C=O) groups is 2. The van der Waals surface area contributed by atoms with E-state index in [0.717, 1.165) is 10.9 Å². The zero-order valence-corrected chi connectivity index (χ0v) is 24.2. The number of carbonyl (C=O) groups excluding carboxylic acids is 2. The van der Waals surface area contributed by atoms with Gasteiger partial charge in [-0.2, -0.15) is 0 Å². The van der Waals surface area contributed by atoms with Crippen LogP contribution in [0.2, 0.25) is 0 Å². The third kappa shape index (κ3) is 4.02. The first-order chi connectivity index (χ1) is 22.0. The molecule has 4 heterocycles. The number of nitrogens with one attached hydrogen (secondary N) is 2. The van der Waals surface area contributed by atoms with Crippen molar-refractivity contribution in [3.63, 3.8) is 0 Å². The van der Waals surface area contributed by atoms with E-state index in [1.807, 2.05) is 36.4 Å². The molecule has 1 aliphatic heterocycles. The molecule has 10 heteroatoms. The molecule has 0 unspecified atom stereocenters. The first-order valence-corrected chi connectivity index (χ1v) is 14.3. The first kappa shape index (κ1) is 26.7. The van der Waals surface area contributed by atoms with Gasteiger partial charge in [0.1, 0.15) is 18.1 Å². The maximum absolute atomic E-state index is 15.6. The lowest BCUT2D eigenvalue weighted by atomic mass is 9.97. The molecule has 2 amide bonds. The minimum absolute atomic E-state index is 0.0272. The van der Waals surface area contributed by atoms with Gasteiger partial charge < -0.3 is 24.2 Å². The van der Waals surface area contributed by atoms with Crippen LogP contribution in [0.5, 0.6) is 17.2 Å². The van der Waals surface area contributed by atoms with Crippen molar-refractivity contribution >= 4 is 55.4 Å². The van der Waals surface area contributed by atoms with Gasteiger partial charge >= 0.3 is 0 Å². The summed E-state index contributed by atoms with van der Waals surface area (Å²) in [6.07, 6.45) is 3.32. The van der Waals surface area contributed by atoms with Crippen molar-refractivity contribution in [2.45, 2.75) is 13.2 Å². The van der Waals surface area contributed by atoms with Crippen LogP contribution < -0.4 is 14.2 Å². The number of rotatable bonds is 7. The van der Waals surface area contributed by atoms with Gasteiger partial charge in [-0.05, 0) is 29.8 Å². The van der Waals surface area contributed by atoms with E-state index < -0.39 is 17.6 Å². The van der Waals surface area contributed by atoms with E-state index in [-0.39, 0.29) is 30.0 Å². The fraction of sp³-hybridized carbons (Fsp3) is 0.114. The smallest absolute Gasteiger partial charge is 0.262 e. The number of ether oxygens (including phenoxy) is 3. The Balaban J connectivity index is 1.33. The summed E-state index contributed by atoms with van der Waals surface area (Å²) in [6.45, 7) is 0.162. The van der Waals surface area contributed by atoms with E-state index in [0.29, 0.717) is 55.3 Å². The number of H-pyrrole nitrogens is 2. The monoisotopic (exact) mass is 600 g/mol. The molecule has 0 saturated heterocycles. The number of nitrogens with zero attached hydrogens (tertiary/aromatic N) is 2. The lowest BCUT2D eigenvalue weighted by Gasteiger charge is -2.17. The zero-order valence-electron chi connectivity index (χ0n) is 24.2. The van der Waals surface area contributed by atoms with Crippen molar-refractivity contribution in [3.05, 3.63) is 107 Å². The SMILES string of the molecule is COc1ccc(CN2C(=O)c3c(c4c5cc(F)c(OCc6ccccc6)cc5[nH]c4c4[nH]c5cnccc5c34)C2=O)c(OC)c1. The molecule has 0 spiro atoms. The molecule has 0 fully saturated rings. The average molecular weight is 601 g/mol. The minimum atomic E-state index is -0.578. The fourth-order valence-electron chi connectivity index (χ4n) is 6.32. The number of fused-ring (bicyclic) bond motifs is 10. The lowest BCUT2D eigenvalue weighted by molar-refractivity contribution is 0.0642. The van der Waals surface area contributed by atoms with E-state index >= 15 is 4.39 Å². The van der Waals surface area contributed by atoms with Crippen LogP contribution in [0, 0.1) is 5.82 Å². The highest BCUT2D eigenvalue weighted by Gasteiger charge is 2.41. The third-order valence-electron chi connectivity index (χ3n) is 8.43. The van der Waals surface area contributed by atoms with Crippen LogP contribution in [-0.2, 0) is 13.2 Å². The summed E-state index contributed by atoms with van der Waals surface area (Å²) >= 11 is 0. The summed E-state index contributed by atoms with van der Waals surface area (Å²) in [5, 5.41) is 2.28. The molecule has 8 rings (SSSR count). The number of halogens is 1. The normalized spacial score (nSPS) is 13.0. The summed E-state index contributed by atoms with van der Waals surface area (Å²) in [5.41, 5.74) is 4.49. The minimum Gasteiger partial charge on any atom is -0.497 e. The highest BCUT2D eigenvalue weighted by atomic mass is 19.1. The van der Waals surface area contributed by atoms with Crippen LogP contribution in [-0.4, -0.2) is 45.9 Å². The molecule has 0 atom stereocenters. The number of pyridine rings is 1. The second-order valence-corrected chi connectivity index (χ2v) is 10.9. The molecule has 45 heavy (non-hydrogen) atoms. The van der Waals surface area contributed by atoms with Gasteiger partial charge in [0.05, 0.1) is 60.2 Å². The first-order valence-electron chi connectivity index (χ1n) is 14.3. The summed E-state index contributed by atoms with van der Waals surface area (Å²) in [4.78, 5) is 40.7. The number of amides is 2. The molecule has 0 bridgehead atoms. The molecule has 0 saturated carbocycles. The Hall–Kier alpha value is -5.90. The van der Waals surface area contributed by atoms with Crippen molar-refractivity contribution in [1.82, 2.24) is 19.9 Å². The molecular weight excluding hydrogens is 575 g/mol. The van der Waals surface area contributed by atoms with Crippen molar-refractivity contribution in [2.75, 3.05) is 14.2 Å². The van der Waals surface area contributed by atoms with E-state index in [1.54, 1.807) is 43.8 Å². The number of aromatic nitrogens is 3. The molecule has 222 valence electrons. The largest absolute Gasteiger partial charge is 0.497 e. The Bertz CT molecular complexity index is 2340. The topological polar surface area (TPSA) is 110 Å². The molecule has 0 radical (unpaired) electrons. The molecule has 1 aliphatic rings. The quantitative estimate of drug-likeness (QED) is 0.193. The molecule has 2 N–H and O–H groups in total. The van der Waals surface area contributed by atoms with Gasteiger partial charge in [0.2, 0.25) is 0 Å². The van der Waals surface area contributed by atoms with Gasteiger partial charge in [-0.1, -0.05) is 30.3 Å². The predicted molar refractivity (Wildman–Crippen MR) is 167 cm³/mol. The standard InChI is InChI=1S/C35H25FN4O5/c1-43-20-9-8-19(26(12-20)44-2)16-40-34(41)30-28-21-10-11-37-15-25(21)39-32(28)33-29(31(30)35(40)42)22-13-23(36)27(14-24(22)38-33)45-17-18-6-4-3-5-7-18/h3-15,38-39H,16-17H2,1-2H3. The maximum atomic E-state index is 15.6. The summed E-state index contributed by atoms with van der Waals surface area (Å²) in [6, 6.07) is 19.5. The van der Waals surface area contributed by atoms with E-state index in [1.165, 1.54) is 18.1 Å². The second kappa shape index (κ2) is 10.1. The number of hydrogen-bond donors (Lipinski definition) is 2. The van der Waals surface area contributed by atoms with E-state index in [9.17, 15) is 9.59 Å². The van der Waals surface area contributed by atoms with Gasteiger partial charge in [-0.25, -0.2) is 4.39 Å². The second-order valence-electron chi connectivity index (χ2n) is 10.9. The Kier molecular flexibility index (Phi) is 5.99. The van der Waals surface area contributed by atoms with Crippen molar-refractivity contribution in [2.24, 2.45) is 0 Å². The van der Waals surface area contributed by atoms with Gasteiger partial charge in [-0.3, -0.25) is 19.5 Å². The Morgan fingerprint density at radius 3 is 2.27 bits per heavy atom. The van der Waals surface area contributed by atoms with Crippen LogP contribution in [0.15, 0.2) is 79.1 Å². The van der Waals surface area contributed by atoms with Crippen molar-refractivity contribution < 1.29 is 28.2 Å². The Labute approximate surface area is 255 Å². The van der Waals surface area contributed by atoms with Gasteiger partial charge in [0.15, 0.2) is 11.6 Å². The lowest BCUT2D eigenvalue weighted by Crippen LogP contribution is -2.29. The van der Waals surface area contributed by atoms with Crippen LogP contribution >= 0.6 is 0 Å². The van der Waals surface area contributed by atoms with Crippen LogP contribution in [0.1, 0.15) is 31.8 Å². The van der Waals surface area contributed by atoms with Crippen molar-refractivity contribution in [3.8, 4) is 17.2 Å². The highest BCUT2D eigenvalue weighted by Crippen LogP contribution is 2.45.